The number of nitrogens with zero attached hydrogens (tertiary/aromatic N) is 7. The molecule has 0 aliphatic rings. The molecule has 4 aromatic rings. The molecule has 178 valence electrons. The molecule has 4 aromatic heterocycles. The van der Waals surface area contributed by atoms with Crippen LogP contribution in [0, 0.1) is 44.7 Å². The van der Waals surface area contributed by atoms with E-state index in [1.54, 1.807) is 17.7 Å². The highest BCUT2D eigenvalue weighted by atomic mass is 79.9. The standard InChI is InChI=1S/C21H23BrN8O3S/c1-11-6-18(30(32)33)26-27(11)8-16-7-17(34-9-16)21(31)23-20-13(3)25-29(15(20)5)10-28-14(4)19(22)12(2)24-28/h6-7,9H,8,10H2,1-5H3,(H,23,31). The molecule has 4 heterocycles. The van der Waals surface area contributed by atoms with Crippen molar-refractivity contribution in [3.63, 3.8) is 0 Å². The van der Waals surface area contributed by atoms with Crippen LogP contribution in [0.4, 0.5) is 11.5 Å². The average molecular weight is 547 g/mol. The number of hydrogen-bond donors (Lipinski definition) is 1. The third kappa shape index (κ3) is 4.53. The van der Waals surface area contributed by atoms with Gasteiger partial charge in [0.15, 0.2) is 0 Å². The van der Waals surface area contributed by atoms with E-state index < -0.39 is 4.92 Å². The fraction of sp³-hybridized carbons (Fsp3) is 0.333. The lowest BCUT2D eigenvalue weighted by atomic mass is 10.2. The molecule has 0 atom stereocenters. The number of aryl methyl sites for hydroxylation is 3. The molecule has 0 aliphatic heterocycles. The van der Waals surface area contributed by atoms with Crippen LogP contribution in [0.3, 0.4) is 0 Å². The van der Waals surface area contributed by atoms with Gasteiger partial charge in [-0.3, -0.25) is 4.79 Å². The predicted molar refractivity (Wildman–Crippen MR) is 131 cm³/mol. The van der Waals surface area contributed by atoms with Crippen molar-refractivity contribution in [2.75, 3.05) is 5.32 Å². The van der Waals surface area contributed by atoms with Crippen molar-refractivity contribution in [1.82, 2.24) is 29.3 Å². The van der Waals surface area contributed by atoms with Crippen LogP contribution in [0.5, 0.6) is 0 Å². The lowest BCUT2D eigenvalue weighted by Crippen LogP contribution is -2.15. The first-order valence-corrected chi connectivity index (χ1v) is 12.0. The number of hydrogen-bond acceptors (Lipinski definition) is 7. The number of amides is 1. The Morgan fingerprint density at radius 2 is 1.74 bits per heavy atom. The Hall–Kier alpha value is -3.32. The van der Waals surface area contributed by atoms with E-state index in [1.165, 1.54) is 17.4 Å². The molecule has 0 saturated carbocycles. The van der Waals surface area contributed by atoms with E-state index >= 15 is 0 Å². The SMILES string of the molecule is Cc1nn(Cn2nc(C)c(NC(=O)c3cc(Cn4nc([N+](=O)[O-])cc4C)cs3)c2C)c(C)c1Br. The topological polar surface area (TPSA) is 126 Å². The summed E-state index contributed by atoms with van der Waals surface area (Å²) in [5.41, 5.74) is 5.63. The number of anilines is 1. The maximum Gasteiger partial charge on any atom is 0.390 e. The summed E-state index contributed by atoms with van der Waals surface area (Å²) in [7, 11) is 0. The monoisotopic (exact) mass is 546 g/mol. The number of rotatable bonds is 7. The van der Waals surface area contributed by atoms with Crippen molar-refractivity contribution in [2.24, 2.45) is 0 Å². The number of nitrogens with one attached hydrogen (secondary N) is 1. The number of aromatic nitrogens is 6. The van der Waals surface area contributed by atoms with Gasteiger partial charge in [-0.2, -0.15) is 14.9 Å². The second-order valence-electron chi connectivity index (χ2n) is 8.00. The second kappa shape index (κ2) is 9.14. The summed E-state index contributed by atoms with van der Waals surface area (Å²) in [6.07, 6.45) is 0. The minimum Gasteiger partial charge on any atom is -0.358 e. The molecule has 0 unspecified atom stereocenters. The highest BCUT2D eigenvalue weighted by Gasteiger charge is 2.20. The lowest BCUT2D eigenvalue weighted by Gasteiger charge is -2.08. The van der Waals surface area contributed by atoms with Crippen molar-refractivity contribution < 1.29 is 9.72 Å². The van der Waals surface area contributed by atoms with E-state index in [-0.39, 0.29) is 11.7 Å². The first-order valence-electron chi connectivity index (χ1n) is 10.4. The fourth-order valence-electron chi connectivity index (χ4n) is 3.62. The third-order valence-corrected chi connectivity index (χ3v) is 7.67. The Bertz CT molecular complexity index is 1410. The molecule has 0 aromatic carbocycles. The third-order valence-electron chi connectivity index (χ3n) is 5.55. The van der Waals surface area contributed by atoms with Gasteiger partial charge in [0.25, 0.3) is 5.91 Å². The highest BCUT2D eigenvalue weighted by molar-refractivity contribution is 9.10. The van der Waals surface area contributed by atoms with Crippen LogP contribution >= 0.6 is 27.3 Å². The molecule has 0 spiro atoms. The quantitative estimate of drug-likeness (QED) is 0.271. The van der Waals surface area contributed by atoms with Crippen LogP contribution in [0.15, 0.2) is 22.0 Å². The summed E-state index contributed by atoms with van der Waals surface area (Å²) in [5.74, 6) is -0.430. The number of nitro groups is 1. The van der Waals surface area contributed by atoms with Crippen LogP contribution in [0.25, 0.3) is 0 Å². The number of carbonyl (C=O) groups excluding carboxylic acids is 1. The molecule has 0 saturated heterocycles. The average Bonchev–Trinajstić information content (AvgIpc) is 3.51. The minimum absolute atomic E-state index is 0.193. The number of thiophene rings is 1. The maximum absolute atomic E-state index is 12.9. The van der Waals surface area contributed by atoms with Crippen LogP contribution < -0.4 is 5.32 Å². The Kier molecular flexibility index (Phi) is 6.41. The Morgan fingerprint density at radius 3 is 2.35 bits per heavy atom. The summed E-state index contributed by atoms with van der Waals surface area (Å²) in [4.78, 5) is 23.9. The molecule has 34 heavy (non-hydrogen) atoms. The fourth-order valence-corrected chi connectivity index (χ4v) is 4.71. The van der Waals surface area contributed by atoms with E-state index in [2.05, 4.69) is 36.5 Å². The van der Waals surface area contributed by atoms with Gasteiger partial charge in [-0.15, -0.1) is 11.3 Å². The van der Waals surface area contributed by atoms with Gasteiger partial charge in [-0.05, 0) is 72.5 Å². The molecule has 0 fully saturated rings. The van der Waals surface area contributed by atoms with Gasteiger partial charge < -0.3 is 15.4 Å². The molecule has 0 bridgehead atoms. The van der Waals surface area contributed by atoms with Gasteiger partial charge in [0, 0.05) is 0 Å². The summed E-state index contributed by atoms with van der Waals surface area (Å²) in [6, 6.07) is 3.20. The normalized spacial score (nSPS) is 11.2. The molecule has 1 amide bonds. The van der Waals surface area contributed by atoms with Crippen molar-refractivity contribution in [2.45, 2.75) is 47.8 Å². The van der Waals surface area contributed by atoms with Gasteiger partial charge in [0.1, 0.15) is 6.67 Å². The summed E-state index contributed by atoms with van der Waals surface area (Å²) < 4.78 is 6.19. The van der Waals surface area contributed by atoms with Gasteiger partial charge >= 0.3 is 5.82 Å². The summed E-state index contributed by atoms with van der Waals surface area (Å²) in [6.45, 7) is 10.2. The van der Waals surface area contributed by atoms with E-state index in [4.69, 9.17) is 0 Å². The van der Waals surface area contributed by atoms with Crippen LogP contribution in [0.1, 0.15) is 43.7 Å². The molecule has 0 aliphatic carbocycles. The van der Waals surface area contributed by atoms with Gasteiger partial charge in [0.05, 0.1) is 61.2 Å². The summed E-state index contributed by atoms with van der Waals surface area (Å²) in [5, 5.41) is 28.9. The van der Waals surface area contributed by atoms with Crippen LogP contribution in [-0.2, 0) is 13.2 Å². The molecule has 11 nitrogen and oxygen atoms in total. The van der Waals surface area contributed by atoms with E-state index in [9.17, 15) is 14.9 Å². The van der Waals surface area contributed by atoms with Crippen molar-refractivity contribution in [3.8, 4) is 0 Å². The Labute approximate surface area is 207 Å². The molecule has 0 radical (unpaired) electrons. The largest absolute Gasteiger partial charge is 0.390 e. The smallest absolute Gasteiger partial charge is 0.358 e. The van der Waals surface area contributed by atoms with Crippen LogP contribution in [-0.4, -0.2) is 40.2 Å². The number of halogens is 1. The molecular weight excluding hydrogens is 524 g/mol. The highest BCUT2D eigenvalue weighted by Crippen LogP contribution is 2.25. The van der Waals surface area contributed by atoms with Crippen molar-refractivity contribution in [1.29, 1.82) is 0 Å². The van der Waals surface area contributed by atoms with E-state index in [0.29, 0.717) is 35.2 Å². The minimum atomic E-state index is -0.519. The zero-order valence-electron chi connectivity index (χ0n) is 19.3. The summed E-state index contributed by atoms with van der Waals surface area (Å²) >= 11 is 4.85. The van der Waals surface area contributed by atoms with E-state index in [0.717, 1.165) is 27.1 Å². The van der Waals surface area contributed by atoms with Gasteiger partial charge in [0.2, 0.25) is 0 Å². The Morgan fingerprint density at radius 1 is 1.06 bits per heavy atom. The lowest BCUT2D eigenvalue weighted by molar-refractivity contribution is -0.389. The predicted octanol–water partition coefficient (Wildman–Crippen LogP) is 4.36. The van der Waals surface area contributed by atoms with Crippen molar-refractivity contribution >= 4 is 44.7 Å². The molecule has 1 N–H and O–H groups in total. The van der Waals surface area contributed by atoms with E-state index in [1.807, 2.05) is 42.4 Å². The zero-order valence-corrected chi connectivity index (χ0v) is 21.7. The van der Waals surface area contributed by atoms with Gasteiger partial charge in [-0.1, -0.05) is 0 Å². The first-order chi connectivity index (χ1) is 16.0. The Balaban J connectivity index is 1.49. The number of carbonyl (C=O) groups is 1. The van der Waals surface area contributed by atoms with Gasteiger partial charge in [-0.25, -0.2) is 9.36 Å². The van der Waals surface area contributed by atoms with Crippen LogP contribution in [0.2, 0.25) is 0 Å². The molecule has 4 rings (SSSR count). The maximum atomic E-state index is 12.9. The first kappa shape index (κ1) is 23.8. The van der Waals surface area contributed by atoms with Crippen molar-refractivity contribution in [3.05, 3.63) is 71.0 Å². The molecular formula is C21H23BrN8O3S. The second-order valence-corrected chi connectivity index (χ2v) is 9.71. The molecule has 13 heteroatoms. The zero-order chi connectivity index (χ0) is 24.7.